The van der Waals surface area contributed by atoms with Gasteiger partial charge in [-0.15, -0.1) is 0 Å². The van der Waals surface area contributed by atoms with Gasteiger partial charge in [-0.05, 0) is 53.9 Å². The van der Waals surface area contributed by atoms with E-state index in [9.17, 15) is 13.2 Å². The predicted octanol–water partition coefficient (Wildman–Crippen LogP) is 6.30. The largest absolute Gasteiger partial charge is 0.495 e. The van der Waals surface area contributed by atoms with Crippen molar-refractivity contribution < 1.29 is 36.9 Å². The van der Waals surface area contributed by atoms with Gasteiger partial charge in [-0.25, -0.2) is 14.8 Å². The third-order valence-corrected chi connectivity index (χ3v) is 8.27. The molecular formula is C36H34N6O8S. The average Bonchev–Trinajstić information content (AvgIpc) is 3.14. The first kappa shape index (κ1) is 35.9. The number of carbonyl (C=O) groups excluding carboxylic acids is 1. The van der Waals surface area contributed by atoms with Gasteiger partial charge in [0.05, 0.1) is 19.9 Å². The molecule has 0 fully saturated rings. The van der Waals surface area contributed by atoms with Crippen LogP contribution in [0.15, 0.2) is 96.4 Å². The number of aromatic nitrogens is 4. The number of pyridine rings is 2. The molecule has 0 aliphatic heterocycles. The van der Waals surface area contributed by atoms with Crippen LogP contribution in [-0.2, 0) is 14.8 Å². The molecule has 0 atom stereocenters. The van der Waals surface area contributed by atoms with Crippen molar-refractivity contribution >= 4 is 27.6 Å². The number of benzene rings is 2. The van der Waals surface area contributed by atoms with Gasteiger partial charge in [-0.3, -0.25) is 15.0 Å². The number of hydrogen-bond donors (Lipinski definition) is 2. The molecule has 3 aromatic heterocycles. The summed E-state index contributed by atoms with van der Waals surface area (Å²) in [4.78, 5) is 29.6. The van der Waals surface area contributed by atoms with Crippen molar-refractivity contribution in [3.05, 3.63) is 97.0 Å². The number of nitrogens with one attached hydrogen (secondary N) is 2. The van der Waals surface area contributed by atoms with Gasteiger partial charge in [0.1, 0.15) is 5.75 Å². The second-order valence-electron chi connectivity index (χ2n) is 10.8. The van der Waals surface area contributed by atoms with Crippen LogP contribution in [0, 0.1) is 11.8 Å². The van der Waals surface area contributed by atoms with Gasteiger partial charge >= 0.3 is 6.09 Å². The predicted molar refractivity (Wildman–Crippen MR) is 189 cm³/mol. The van der Waals surface area contributed by atoms with Gasteiger partial charge < -0.3 is 23.7 Å². The molecule has 5 aromatic rings. The number of sulfonamides is 1. The van der Waals surface area contributed by atoms with E-state index in [1.165, 1.54) is 38.9 Å². The maximum absolute atomic E-state index is 13.7. The van der Waals surface area contributed by atoms with Gasteiger partial charge in [0.25, 0.3) is 15.9 Å². The summed E-state index contributed by atoms with van der Waals surface area (Å²) in [6.07, 6.45) is 3.86. The Morgan fingerprint density at radius 3 is 2.22 bits per heavy atom. The Kier molecular flexibility index (Phi) is 11.8. The minimum atomic E-state index is -4.29. The first-order valence-electron chi connectivity index (χ1n) is 15.5. The molecule has 0 aliphatic carbocycles. The van der Waals surface area contributed by atoms with Crippen LogP contribution < -0.4 is 29.0 Å². The molecule has 2 aromatic carbocycles. The maximum atomic E-state index is 13.7. The molecular weight excluding hydrogens is 676 g/mol. The number of rotatable bonds is 13. The standard InChI is InChI=1S/C36H34N6O8S/c1-24(2)26-15-16-31(38-23-26)51(44,45)42-34-32(50-30-14-8-7-13-29(30)47-4)35(41-33(40-34)25-17-19-37-20-18-25)48-21-9-10-22-49-36(43)39-27-11-5-6-12-28(27)46-3/h5-8,11-20,23-24H,21-22H2,1-4H3,(H,39,43)(H,40,41,42). The molecule has 0 aliphatic rings. The van der Waals surface area contributed by atoms with Crippen molar-refractivity contribution in [2.24, 2.45) is 0 Å². The van der Waals surface area contributed by atoms with Crippen molar-refractivity contribution in [3.63, 3.8) is 0 Å². The lowest BCUT2D eigenvalue weighted by Crippen LogP contribution is -2.17. The number of amides is 1. The molecule has 5 rings (SSSR count). The lowest BCUT2D eigenvalue weighted by atomic mass is 10.1. The van der Waals surface area contributed by atoms with Crippen LogP contribution in [0.25, 0.3) is 11.4 Å². The van der Waals surface area contributed by atoms with Crippen LogP contribution in [0.1, 0.15) is 25.3 Å². The van der Waals surface area contributed by atoms with Crippen LogP contribution in [0.2, 0.25) is 0 Å². The summed E-state index contributed by atoms with van der Waals surface area (Å²) in [5.41, 5.74) is 1.82. The maximum Gasteiger partial charge on any atom is 0.412 e. The van der Waals surface area contributed by atoms with Gasteiger partial charge in [-0.1, -0.05) is 56.0 Å². The molecule has 2 N–H and O–H groups in total. The first-order chi connectivity index (χ1) is 24.7. The molecule has 0 saturated carbocycles. The molecule has 0 spiro atoms. The second-order valence-corrected chi connectivity index (χ2v) is 12.4. The van der Waals surface area contributed by atoms with E-state index in [-0.39, 0.29) is 53.2 Å². The minimum absolute atomic E-state index is 0.102. The normalized spacial score (nSPS) is 10.8. The Labute approximate surface area is 295 Å². The fourth-order valence-corrected chi connectivity index (χ4v) is 5.34. The summed E-state index contributed by atoms with van der Waals surface area (Å²) in [6, 6.07) is 20.0. The third-order valence-electron chi connectivity index (χ3n) is 7.01. The van der Waals surface area contributed by atoms with Crippen LogP contribution in [0.5, 0.6) is 28.9 Å². The number of ether oxygens (including phenoxy) is 5. The van der Waals surface area contributed by atoms with E-state index in [1.54, 1.807) is 66.7 Å². The van der Waals surface area contributed by atoms with E-state index in [0.29, 0.717) is 22.7 Å². The monoisotopic (exact) mass is 710 g/mol. The zero-order chi connectivity index (χ0) is 36.2. The highest BCUT2D eigenvalue weighted by Crippen LogP contribution is 2.41. The number of nitrogens with zero attached hydrogens (tertiary/aromatic N) is 4. The highest BCUT2D eigenvalue weighted by molar-refractivity contribution is 7.92. The number of methoxy groups -OCH3 is 2. The summed E-state index contributed by atoms with van der Waals surface area (Å²) >= 11 is 0. The van der Waals surface area contributed by atoms with Gasteiger partial charge in [0.15, 0.2) is 41.4 Å². The zero-order valence-electron chi connectivity index (χ0n) is 28.1. The number of anilines is 2. The van der Waals surface area contributed by atoms with Crippen molar-refractivity contribution in [3.8, 4) is 52.1 Å². The third kappa shape index (κ3) is 9.40. The summed E-state index contributed by atoms with van der Waals surface area (Å²) in [7, 11) is -1.34. The van der Waals surface area contributed by atoms with Crippen molar-refractivity contribution in [1.29, 1.82) is 0 Å². The fourth-order valence-electron chi connectivity index (χ4n) is 4.41. The average molecular weight is 711 g/mol. The Hall–Kier alpha value is -6.40. The molecule has 14 nitrogen and oxygen atoms in total. The van der Waals surface area contributed by atoms with E-state index < -0.39 is 16.1 Å². The number of hydrogen-bond acceptors (Lipinski definition) is 12. The van der Waals surface area contributed by atoms with Crippen LogP contribution in [0.3, 0.4) is 0 Å². The summed E-state index contributed by atoms with van der Waals surface area (Å²) in [5, 5.41) is 2.36. The smallest absolute Gasteiger partial charge is 0.412 e. The Morgan fingerprint density at radius 1 is 0.843 bits per heavy atom. The summed E-state index contributed by atoms with van der Waals surface area (Å²) < 4.78 is 57.8. The summed E-state index contributed by atoms with van der Waals surface area (Å²) in [5.74, 6) is 6.20. The minimum Gasteiger partial charge on any atom is -0.495 e. The van der Waals surface area contributed by atoms with Gasteiger partial charge in [-0.2, -0.15) is 13.4 Å². The lowest BCUT2D eigenvalue weighted by molar-refractivity contribution is 0.175. The fraction of sp³-hybridized carbons (Fsp3) is 0.194. The molecule has 15 heteroatoms. The Bertz CT molecular complexity index is 2140. The molecule has 0 saturated heterocycles. The quantitative estimate of drug-likeness (QED) is 0.131. The molecule has 0 radical (unpaired) electrons. The van der Waals surface area contributed by atoms with Crippen molar-refractivity contribution in [1.82, 2.24) is 19.9 Å². The van der Waals surface area contributed by atoms with Crippen LogP contribution >= 0.6 is 0 Å². The van der Waals surface area contributed by atoms with Crippen LogP contribution in [0.4, 0.5) is 16.3 Å². The highest BCUT2D eigenvalue weighted by Gasteiger charge is 2.26. The SMILES string of the molecule is COc1ccccc1NC(=O)OCC#CCOc1nc(-c2ccncc2)nc(NS(=O)(=O)c2ccc(C(C)C)cn2)c1Oc1ccccc1OC. The number of carbonyl (C=O) groups is 1. The topological polar surface area (TPSA) is 173 Å². The Morgan fingerprint density at radius 2 is 1.53 bits per heavy atom. The van der Waals surface area contributed by atoms with E-state index in [4.69, 9.17) is 23.7 Å². The van der Waals surface area contributed by atoms with Crippen molar-refractivity contribution in [2.45, 2.75) is 24.8 Å². The van der Waals surface area contributed by atoms with Crippen molar-refractivity contribution in [2.75, 3.05) is 37.5 Å². The summed E-state index contributed by atoms with van der Waals surface area (Å²) in [6.45, 7) is 3.45. The highest BCUT2D eigenvalue weighted by atomic mass is 32.2. The molecule has 1 amide bonds. The molecule has 3 heterocycles. The molecule has 262 valence electrons. The molecule has 0 bridgehead atoms. The second kappa shape index (κ2) is 16.8. The van der Waals surface area contributed by atoms with Gasteiger partial charge in [0, 0.05) is 24.2 Å². The Balaban J connectivity index is 1.45. The molecule has 0 unspecified atom stereocenters. The number of para-hydroxylation sites is 4. The van der Waals surface area contributed by atoms with E-state index in [2.05, 4.69) is 41.8 Å². The van der Waals surface area contributed by atoms with Gasteiger partial charge in [0.2, 0.25) is 5.75 Å². The first-order valence-corrected chi connectivity index (χ1v) is 16.9. The molecule has 51 heavy (non-hydrogen) atoms. The van der Waals surface area contributed by atoms with E-state index in [0.717, 1.165) is 5.56 Å². The van der Waals surface area contributed by atoms with E-state index in [1.807, 2.05) is 13.8 Å². The van der Waals surface area contributed by atoms with Crippen LogP contribution in [-0.4, -0.2) is 61.9 Å². The van der Waals surface area contributed by atoms with E-state index >= 15 is 0 Å². The lowest BCUT2D eigenvalue weighted by Gasteiger charge is -2.18. The zero-order valence-corrected chi connectivity index (χ0v) is 28.9.